The Morgan fingerprint density at radius 3 is 2.08 bits per heavy atom. The molecule has 0 fully saturated rings. The summed E-state index contributed by atoms with van der Waals surface area (Å²) in [6.45, 7) is 0.407. The second-order valence-corrected chi connectivity index (χ2v) is 11.0. The summed E-state index contributed by atoms with van der Waals surface area (Å²) < 4.78 is 28.8. The van der Waals surface area contributed by atoms with Gasteiger partial charge in [0.1, 0.15) is 6.04 Å². The Labute approximate surface area is 220 Å². The summed E-state index contributed by atoms with van der Waals surface area (Å²) in [5.41, 5.74) is 2.87. The molecule has 0 aliphatic heterocycles. The van der Waals surface area contributed by atoms with Crippen molar-refractivity contribution in [2.75, 3.05) is 6.54 Å². The van der Waals surface area contributed by atoms with Crippen molar-refractivity contribution in [3.8, 4) is 11.1 Å². The number of hydrogen-bond donors (Lipinski definition) is 3. The highest BCUT2D eigenvalue weighted by atomic mass is 79.9. The molecule has 0 heterocycles. The number of nitrogens with one attached hydrogen (secondary N) is 2. The van der Waals surface area contributed by atoms with Crippen LogP contribution in [0.4, 0.5) is 0 Å². The Kier molecular flexibility index (Phi) is 10.2. The number of halogens is 1. The van der Waals surface area contributed by atoms with Crippen molar-refractivity contribution in [2.45, 2.75) is 43.0 Å². The molecule has 0 unspecified atom stereocenters. The highest BCUT2D eigenvalue weighted by Gasteiger charge is 2.25. The van der Waals surface area contributed by atoms with Gasteiger partial charge >= 0.3 is 5.97 Å². The number of sulfonamides is 1. The highest BCUT2D eigenvalue weighted by Crippen LogP contribution is 2.23. The first kappa shape index (κ1) is 27.6. The maximum absolute atomic E-state index is 12.8. The standard InChI is InChI=1S/C27H29BrN2O5S/c28-23-14-10-21(11-15-23)22-12-16-24(17-13-22)36(34,35)30-25(27(32)33)8-4-5-19-29-26(31)18-9-20-6-2-1-3-7-20/h1-3,6-7,10-17,25,30H,4-5,8-9,18-19H2,(H,29,31)(H,32,33)/t25-/m0/s1. The Bertz CT molecular complexity index is 1250. The third-order valence-electron chi connectivity index (χ3n) is 5.66. The van der Waals surface area contributed by atoms with Crippen LogP contribution in [-0.4, -0.2) is 38.0 Å². The van der Waals surface area contributed by atoms with Gasteiger partial charge in [0.2, 0.25) is 15.9 Å². The fourth-order valence-electron chi connectivity index (χ4n) is 3.65. The molecule has 190 valence electrons. The molecular weight excluding hydrogens is 544 g/mol. The molecule has 0 spiro atoms. The molecule has 0 saturated heterocycles. The Morgan fingerprint density at radius 2 is 1.47 bits per heavy atom. The summed E-state index contributed by atoms with van der Waals surface area (Å²) in [6, 6.07) is 22.4. The second kappa shape index (κ2) is 13.3. The van der Waals surface area contributed by atoms with Crippen LogP contribution in [0.2, 0.25) is 0 Å². The lowest BCUT2D eigenvalue weighted by atomic mass is 10.1. The van der Waals surface area contributed by atoms with Crippen LogP contribution in [-0.2, 0) is 26.0 Å². The Balaban J connectivity index is 1.45. The molecule has 0 saturated carbocycles. The minimum Gasteiger partial charge on any atom is -0.480 e. The van der Waals surface area contributed by atoms with Crippen molar-refractivity contribution in [2.24, 2.45) is 0 Å². The average Bonchev–Trinajstić information content (AvgIpc) is 2.87. The molecule has 0 aromatic heterocycles. The zero-order valence-corrected chi connectivity index (χ0v) is 22.1. The number of benzene rings is 3. The van der Waals surface area contributed by atoms with Gasteiger partial charge in [-0.25, -0.2) is 8.42 Å². The zero-order chi connectivity index (χ0) is 26.0. The SMILES string of the molecule is O=C(CCc1ccccc1)NCCCC[C@H](NS(=O)(=O)c1ccc(-c2ccc(Br)cc2)cc1)C(=O)O. The van der Waals surface area contributed by atoms with E-state index in [4.69, 9.17) is 0 Å². The number of carbonyl (C=O) groups is 2. The van der Waals surface area contributed by atoms with Gasteiger partial charge < -0.3 is 10.4 Å². The van der Waals surface area contributed by atoms with E-state index in [1.165, 1.54) is 12.1 Å². The minimum atomic E-state index is -4.01. The molecule has 0 aliphatic carbocycles. The van der Waals surface area contributed by atoms with E-state index in [0.717, 1.165) is 21.2 Å². The third-order valence-corrected chi connectivity index (χ3v) is 7.68. The molecule has 3 N–H and O–H groups in total. The van der Waals surface area contributed by atoms with Gasteiger partial charge in [0.05, 0.1) is 4.90 Å². The van der Waals surface area contributed by atoms with Gasteiger partial charge in [-0.05, 0) is 66.6 Å². The molecule has 0 radical (unpaired) electrons. The molecule has 36 heavy (non-hydrogen) atoms. The fourth-order valence-corrected chi connectivity index (χ4v) is 5.14. The van der Waals surface area contributed by atoms with Crippen LogP contribution in [0.15, 0.2) is 88.2 Å². The summed E-state index contributed by atoms with van der Waals surface area (Å²) >= 11 is 3.38. The van der Waals surface area contributed by atoms with Gasteiger partial charge in [0.25, 0.3) is 0 Å². The second-order valence-electron chi connectivity index (χ2n) is 8.37. The maximum atomic E-state index is 12.8. The average molecular weight is 574 g/mol. The first-order chi connectivity index (χ1) is 17.2. The molecule has 0 bridgehead atoms. The van der Waals surface area contributed by atoms with Gasteiger partial charge in [-0.3, -0.25) is 9.59 Å². The lowest BCUT2D eigenvalue weighted by Gasteiger charge is -2.15. The van der Waals surface area contributed by atoms with E-state index in [2.05, 4.69) is 26.0 Å². The first-order valence-electron chi connectivity index (χ1n) is 11.7. The van der Waals surface area contributed by atoms with E-state index in [9.17, 15) is 23.1 Å². The number of unbranched alkanes of at least 4 members (excludes halogenated alkanes) is 1. The van der Waals surface area contributed by atoms with E-state index in [-0.39, 0.29) is 17.2 Å². The zero-order valence-electron chi connectivity index (χ0n) is 19.7. The first-order valence-corrected chi connectivity index (χ1v) is 13.9. The molecular formula is C27H29BrN2O5S. The quantitative estimate of drug-likeness (QED) is 0.255. The molecule has 3 aromatic carbocycles. The third kappa shape index (κ3) is 8.58. The normalized spacial score (nSPS) is 12.1. The number of amides is 1. The van der Waals surface area contributed by atoms with Gasteiger partial charge in [0, 0.05) is 17.4 Å². The van der Waals surface area contributed by atoms with Crippen molar-refractivity contribution in [1.82, 2.24) is 10.0 Å². The van der Waals surface area contributed by atoms with Gasteiger partial charge in [0.15, 0.2) is 0 Å². The van der Waals surface area contributed by atoms with Crippen LogP contribution < -0.4 is 10.0 Å². The number of aryl methyl sites for hydroxylation is 1. The van der Waals surface area contributed by atoms with Crippen molar-refractivity contribution < 1.29 is 23.1 Å². The molecule has 3 aromatic rings. The van der Waals surface area contributed by atoms with E-state index in [1.807, 2.05) is 54.6 Å². The lowest BCUT2D eigenvalue weighted by molar-refractivity contribution is -0.139. The van der Waals surface area contributed by atoms with Crippen molar-refractivity contribution in [1.29, 1.82) is 0 Å². The molecule has 1 amide bonds. The minimum absolute atomic E-state index is 0.000270. The van der Waals surface area contributed by atoms with E-state index < -0.39 is 22.0 Å². The molecule has 7 nitrogen and oxygen atoms in total. The van der Waals surface area contributed by atoms with Gasteiger partial charge in [-0.15, -0.1) is 0 Å². The van der Waals surface area contributed by atoms with Crippen molar-refractivity contribution >= 4 is 37.8 Å². The fraction of sp³-hybridized carbons (Fsp3) is 0.259. The van der Waals surface area contributed by atoms with Crippen LogP contribution in [0.25, 0.3) is 11.1 Å². The number of carboxylic acid groups (broad SMARTS) is 1. The predicted molar refractivity (Wildman–Crippen MR) is 143 cm³/mol. The summed E-state index contributed by atoms with van der Waals surface area (Å²) in [5.74, 6) is -1.31. The number of carboxylic acids is 1. The van der Waals surface area contributed by atoms with E-state index >= 15 is 0 Å². The van der Waals surface area contributed by atoms with Crippen molar-refractivity contribution in [3.05, 3.63) is 88.9 Å². The van der Waals surface area contributed by atoms with Crippen LogP contribution >= 0.6 is 15.9 Å². The van der Waals surface area contributed by atoms with Crippen LogP contribution in [0, 0.1) is 0 Å². The number of rotatable bonds is 13. The predicted octanol–water partition coefficient (Wildman–Crippen LogP) is 4.77. The van der Waals surface area contributed by atoms with Gasteiger partial charge in [-0.1, -0.05) is 70.5 Å². The number of hydrogen-bond acceptors (Lipinski definition) is 4. The highest BCUT2D eigenvalue weighted by molar-refractivity contribution is 9.10. The summed E-state index contributed by atoms with van der Waals surface area (Å²) in [5, 5.41) is 12.3. The number of aliphatic carboxylic acids is 1. The molecule has 1 atom stereocenters. The lowest BCUT2D eigenvalue weighted by Crippen LogP contribution is -2.40. The Hall–Kier alpha value is -3.01. The summed E-state index contributed by atoms with van der Waals surface area (Å²) in [4.78, 5) is 23.7. The molecule has 9 heteroatoms. The topological polar surface area (TPSA) is 113 Å². The van der Waals surface area contributed by atoms with E-state index in [1.54, 1.807) is 12.1 Å². The smallest absolute Gasteiger partial charge is 0.321 e. The van der Waals surface area contributed by atoms with Crippen LogP contribution in [0.5, 0.6) is 0 Å². The largest absolute Gasteiger partial charge is 0.480 e. The van der Waals surface area contributed by atoms with E-state index in [0.29, 0.717) is 32.2 Å². The van der Waals surface area contributed by atoms with Crippen LogP contribution in [0.3, 0.4) is 0 Å². The Morgan fingerprint density at radius 1 is 0.861 bits per heavy atom. The maximum Gasteiger partial charge on any atom is 0.321 e. The van der Waals surface area contributed by atoms with Gasteiger partial charge in [-0.2, -0.15) is 4.72 Å². The van der Waals surface area contributed by atoms with Crippen molar-refractivity contribution in [3.63, 3.8) is 0 Å². The van der Waals surface area contributed by atoms with Crippen LogP contribution in [0.1, 0.15) is 31.2 Å². The molecule has 0 aliphatic rings. The number of carbonyl (C=O) groups excluding carboxylic acids is 1. The molecule has 3 rings (SSSR count). The summed E-state index contributed by atoms with van der Waals surface area (Å²) in [7, 11) is -4.01. The monoisotopic (exact) mass is 572 g/mol. The summed E-state index contributed by atoms with van der Waals surface area (Å²) in [6.07, 6.45) is 2.14.